The molecule has 0 aliphatic carbocycles. The molecule has 4 heteroatoms. The van der Waals surface area contributed by atoms with E-state index in [0.717, 1.165) is 41.4 Å². The minimum Gasteiger partial charge on any atom is -0.497 e. The van der Waals surface area contributed by atoms with Gasteiger partial charge in [-0.25, -0.2) is 0 Å². The molecule has 146 valence electrons. The van der Waals surface area contributed by atoms with Gasteiger partial charge in [0.15, 0.2) is 0 Å². The number of rotatable bonds is 10. The van der Waals surface area contributed by atoms with Crippen LogP contribution >= 0.6 is 11.6 Å². The van der Waals surface area contributed by atoms with Crippen LogP contribution in [-0.4, -0.2) is 26.8 Å². The van der Waals surface area contributed by atoms with E-state index in [-0.39, 0.29) is 6.10 Å². The van der Waals surface area contributed by atoms with Crippen molar-refractivity contribution in [1.29, 1.82) is 0 Å². The predicted octanol–water partition coefficient (Wildman–Crippen LogP) is 5.29. The lowest BCUT2D eigenvalue weighted by atomic mass is 10.0. The molecule has 0 fully saturated rings. The van der Waals surface area contributed by atoms with Gasteiger partial charge in [0.2, 0.25) is 0 Å². The van der Waals surface area contributed by atoms with E-state index in [1.807, 2.05) is 54.6 Å². The summed E-state index contributed by atoms with van der Waals surface area (Å²) in [5.74, 6) is 0.888. The van der Waals surface area contributed by atoms with Crippen LogP contribution in [0.25, 0.3) is 0 Å². The molecule has 3 aromatic rings. The fourth-order valence-electron chi connectivity index (χ4n) is 3.05. The molecule has 0 saturated carbocycles. The first-order chi connectivity index (χ1) is 13.8. The molecule has 0 bridgehead atoms. The Morgan fingerprint density at radius 1 is 0.821 bits per heavy atom. The number of nitrogens with one attached hydrogen (secondary N) is 1. The first-order valence-electron chi connectivity index (χ1n) is 9.52. The lowest BCUT2D eigenvalue weighted by Crippen LogP contribution is -2.23. The zero-order chi connectivity index (χ0) is 19.6. The summed E-state index contributed by atoms with van der Waals surface area (Å²) in [5, 5.41) is 4.18. The number of halogens is 1. The Balaban J connectivity index is 1.48. The molecule has 1 atom stereocenters. The maximum atomic E-state index is 6.21. The molecule has 3 rings (SSSR count). The Hall–Kier alpha value is -2.33. The first kappa shape index (κ1) is 20.4. The second kappa shape index (κ2) is 10.9. The summed E-state index contributed by atoms with van der Waals surface area (Å²) in [6.07, 6.45) is 0.880. The topological polar surface area (TPSA) is 30.5 Å². The monoisotopic (exact) mass is 395 g/mol. The van der Waals surface area contributed by atoms with Crippen molar-refractivity contribution in [2.75, 3.05) is 26.8 Å². The second-order valence-corrected chi connectivity index (χ2v) is 7.00. The standard InChI is InChI=1S/C24H26ClNO2/c1-27-23-13-7-19(8-14-23)15-16-26-17-18-28-24(20-5-3-2-4-6-20)21-9-11-22(25)12-10-21/h2-14,24,26H,15-18H2,1H3. The molecule has 0 heterocycles. The van der Waals surface area contributed by atoms with Crippen LogP contribution in [0.3, 0.4) is 0 Å². The van der Waals surface area contributed by atoms with Crippen molar-refractivity contribution >= 4 is 11.6 Å². The van der Waals surface area contributed by atoms with Crippen LogP contribution in [0.4, 0.5) is 0 Å². The van der Waals surface area contributed by atoms with E-state index in [2.05, 4.69) is 29.6 Å². The molecule has 3 nitrogen and oxygen atoms in total. The van der Waals surface area contributed by atoms with Gasteiger partial charge in [0.05, 0.1) is 13.7 Å². The van der Waals surface area contributed by atoms with Crippen LogP contribution in [0.15, 0.2) is 78.9 Å². The van der Waals surface area contributed by atoms with Gasteiger partial charge >= 0.3 is 0 Å². The fourth-order valence-corrected chi connectivity index (χ4v) is 3.18. The van der Waals surface area contributed by atoms with E-state index in [0.29, 0.717) is 6.61 Å². The van der Waals surface area contributed by atoms with E-state index in [1.54, 1.807) is 7.11 Å². The van der Waals surface area contributed by atoms with Crippen molar-refractivity contribution in [2.24, 2.45) is 0 Å². The molecule has 0 aliphatic heterocycles. The zero-order valence-electron chi connectivity index (χ0n) is 16.1. The third kappa shape index (κ3) is 6.10. The number of hydrogen-bond acceptors (Lipinski definition) is 3. The van der Waals surface area contributed by atoms with Crippen molar-refractivity contribution in [3.63, 3.8) is 0 Å². The first-order valence-corrected chi connectivity index (χ1v) is 9.90. The summed E-state index contributed by atoms with van der Waals surface area (Å²) < 4.78 is 11.4. The Kier molecular flexibility index (Phi) is 7.92. The summed E-state index contributed by atoms with van der Waals surface area (Å²) in [5.41, 5.74) is 3.54. The fraction of sp³-hybridized carbons (Fsp3) is 0.250. The molecule has 1 unspecified atom stereocenters. The van der Waals surface area contributed by atoms with Gasteiger partial charge in [-0.3, -0.25) is 0 Å². The Bertz CT molecular complexity index is 819. The number of ether oxygens (including phenoxy) is 2. The maximum absolute atomic E-state index is 6.21. The highest BCUT2D eigenvalue weighted by molar-refractivity contribution is 6.30. The van der Waals surface area contributed by atoms with Crippen molar-refractivity contribution < 1.29 is 9.47 Å². The van der Waals surface area contributed by atoms with Crippen LogP contribution in [0.2, 0.25) is 5.02 Å². The summed E-state index contributed by atoms with van der Waals surface area (Å²) in [6.45, 7) is 2.34. The minimum absolute atomic E-state index is 0.0955. The van der Waals surface area contributed by atoms with Crippen molar-refractivity contribution in [3.05, 3.63) is 101 Å². The molecule has 0 amide bonds. The van der Waals surface area contributed by atoms with Crippen LogP contribution in [0.5, 0.6) is 5.75 Å². The van der Waals surface area contributed by atoms with Gasteiger partial charge in [-0.2, -0.15) is 0 Å². The second-order valence-electron chi connectivity index (χ2n) is 6.56. The molecule has 0 spiro atoms. The Morgan fingerprint density at radius 3 is 2.18 bits per heavy atom. The highest BCUT2D eigenvalue weighted by Gasteiger charge is 2.14. The number of methoxy groups -OCH3 is 1. The molecule has 0 saturated heterocycles. The van der Waals surface area contributed by atoms with Crippen molar-refractivity contribution in [1.82, 2.24) is 5.32 Å². The molecule has 0 aliphatic rings. The largest absolute Gasteiger partial charge is 0.497 e. The predicted molar refractivity (Wildman–Crippen MR) is 115 cm³/mol. The SMILES string of the molecule is COc1ccc(CCNCCOC(c2ccccc2)c2ccc(Cl)cc2)cc1. The zero-order valence-corrected chi connectivity index (χ0v) is 16.9. The van der Waals surface area contributed by atoms with Crippen LogP contribution < -0.4 is 10.1 Å². The Morgan fingerprint density at radius 2 is 1.50 bits per heavy atom. The lowest BCUT2D eigenvalue weighted by Gasteiger charge is -2.19. The van der Waals surface area contributed by atoms with Crippen molar-refractivity contribution in [3.8, 4) is 5.75 Å². The third-order valence-electron chi connectivity index (χ3n) is 4.59. The summed E-state index contributed by atoms with van der Waals surface area (Å²) in [6, 6.07) is 26.3. The van der Waals surface area contributed by atoms with Crippen LogP contribution in [0, 0.1) is 0 Å². The molecular formula is C24H26ClNO2. The average molecular weight is 396 g/mol. The Labute approximate surface area is 172 Å². The summed E-state index contributed by atoms with van der Waals surface area (Å²) in [4.78, 5) is 0. The van der Waals surface area contributed by atoms with Crippen LogP contribution in [0.1, 0.15) is 22.8 Å². The highest BCUT2D eigenvalue weighted by atomic mass is 35.5. The highest BCUT2D eigenvalue weighted by Crippen LogP contribution is 2.26. The quantitative estimate of drug-likeness (QED) is 0.473. The third-order valence-corrected chi connectivity index (χ3v) is 4.84. The molecule has 0 radical (unpaired) electrons. The minimum atomic E-state index is -0.0955. The van der Waals surface area contributed by atoms with Gasteiger partial charge in [-0.15, -0.1) is 0 Å². The van der Waals surface area contributed by atoms with E-state index in [4.69, 9.17) is 21.1 Å². The maximum Gasteiger partial charge on any atom is 0.118 e. The van der Waals surface area contributed by atoms with E-state index in [9.17, 15) is 0 Å². The van der Waals surface area contributed by atoms with Crippen LogP contribution in [-0.2, 0) is 11.2 Å². The van der Waals surface area contributed by atoms with E-state index in [1.165, 1.54) is 5.56 Å². The summed E-state index contributed by atoms with van der Waals surface area (Å²) >= 11 is 6.03. The molecular weight excluding hydrogens is 370 g/mol. The smallest absolute Gasteiger partial charge is 0.118 e. The van der Waals surface area contributed by atoms with Gasteiger partial charge in [-0.1, -0.05) is 66.2 Å². The van der Waals surface area contributed by atoms with Crippen molar-refractivity contribution in [2.45, 2.75) is 12.5 Å². The number of hydrogen-bond donors (Lipinski definition) is 1. The molecule has 3 aromatic carbocycles. The van der Waals surface area contributed by atoms with Gasteiger partial charge in [0, 0.05) is 11.6 Å². The van der Waals surface area contributed by atoms with Gasteiger partial charge in [0.25, 0.3) is 0 Å². The number of benzene rings is 3. The van der Waals surface area contributed by atoms with Gasteiger partial charge < -0.3 is 14.8 Å². The summed E-state index contributed by atoms with van der Waals surface area (Å²) in [7, 11) is 1.68. The van der Waals surface area contributed by atoms with E-state index < -0.39 is 0 Å². The van der Waals surface area contributed by atoms with E-state index >= 15 is 0 Å². The van der Waals surface area contributed by atoms with Gasteiger partial charge in [-0.05, 0) is 53.9 Å². The average Bonchev–Trinajstić information content (AvgIpc) is 2.75. The normalized spacial score (nSPS) is 11.9. The molecule has 28 heavy (non-hydrogen) atoms. The lowest BCUT2D eigenvalue weighted by molar-refractivity contribution is 0.0822. The molecule has 0 aromatic heterocycles. The molecule has 1 N–H and O–H groups in total. The van der Waals surface area contributed by atoms with Gasteiger partial charge in [0.1, 0.15) is 11.9 Å².